The first-order valence-corrected chi connectivity index (χ1v) is 6.53. The van der Waals surface area contributed by atoms with Crippen molar-refractivity contribution in [3.8, 4) is 0 Å². The van der Waals surface area contributed by atoms with Crippen LogP contribution in [0, 0.1) is 6.92 Å². The Balaban J connectivity index is 2.39. The normalized spacial score (nSPS) is 10.5. The fourth-order valence-corrected chi connectivity index (χ4v) is 2.38. The highest BCUT2D eigenvalue weighted by Crippen LogP contribution is 2.17. The molecule has 1 heterocycles. The highest BCUT2D eigenvalue weighted by Gasteiger charge is 2.12. The van der Waals surface area contributed by atoms with Gasteiger partial charge in [-0.3, -0.25) is 4.79 Å². The fraction of sp³-hybridized carbons (Fsp3) is 0.250. The van der Waals surface area contributed by atoms with Crippen molar-refractivity contribution >= 4 is 12.3 Å². The summed E-state index contributed by atoms with van der Waals surface area (Å²) in [4.78, 5) is 22.3. The SMILES string of the molecule is CCc1cc(C)n(Cc2cccc(C(=O)O)c2)c1C=O. The number of benzene rings is 1. The average Bonchev–Trinajstić information content (AvgIpc) is 2.75. The number of aromatic nitrogens is 1. The minimum atomic E-state index is -0.944. The van der Waals surface area contributed by atoms with Gasteiger partial charge < -0.3 is 9.67 Å². The van der Waals surface area contributed by atoms with E-state index in [2.05, 4.69) is 0 Å². The van der Waals surface area contributed by atoms with Crippen LogP contribution in [-0.2, 0) is 13.0 Å². The summed E-state index contributed by atoms with van der Waals surface area (Å²) in [6.45, 7) is 4.46. The highest BCUT2D eigenvalue weighted by atomic mass is 16.4. The smallest absolute Gasteiger partial charge is 0.335 e. The first kappa shape index (κ1) is 14.1. The maximum Gasteiger partial charge on any atom is 0.335 e. The summed E-state index contributed by atoms with van der Waals surface area (Å²) in [7, 11) is 0. The lowest BCUT2D eigenvalue weighted by atomic mass is 10.1. The van der Waals surface area contributed by atoms with Gasteiger partial charge in [0, 0.05) is 12.2 Å². The van der Waals surface area contributed by atoms with Crippen LogP contribution in [0.3, 0.4) is 0 Å². The van der Waals surface area contributed by atoms with Gasteiger partial charge in [0.05, 0.1) is 11.3 Å². The van der Waals surface area contributed by atoms with E-state index in [-0.39, 0.29) is 5.56 Å². The summed E-state index contributed by atoms with van der Waals surface area (Å²) >= 11 is 0. The molecule has 0 saturated heterocycles. The van der Waals surface area contributed by atoms with E-state index in [9.17, 15) is 9.59 Å². The topological polar surface area (TPSA) is 59.3 Å². The van der Waals surface area contributed by atoms with Crippen LogP contribution < -0.4 is 0 Å². The third-order valence-corrected chi connectivity index (χ3v) is 3.44. The molecule has 104 valence electrons. The number of aromatic carboxylic acids is 1. The number of carboxylic acids is 1. The van der Waals surface area contributed by atoms with Crippen molar-refractivity contribution in [1.82, 2.24) is 4.57 Å². The number of hydrogen-bond donors (Lipinski definition) is 1. The average molecular weight is 271 g/mol. The molecule has 2 aromatic rings. The van der Waals surface area contributed by atoms with E-state index >= 15 is 0 Å². The van der Waals surface area contributed by atoms with Crippen molar-refractivity contribution in [3.05, 3.63) is 58.4 Å². The Morgan fingerprint density at radius 1 is 1.35 bits per heavy atom. The number of aryl methyl sites for hydroxylation is 2. The lowest BCUT2D eigenvalue weighted by molar-refractivity contribution is 0.0696. The van der Waals surface area contributed by atoms with Gasteiger partial charge in [-0.05, 0) is 42.7 Å². The van der Waals surface area contributed by atoms with Gasteiger partial charge in [0.25, 0.3) is 0 Å². The molecule has 0 amide bonds. The molecule has 0 atom stereocenters. The summed E-state index contributed by atoms with van der Waals surface area (Å²) in [5.74, 6) is -0.944. The van der Waals surface area contributed by atoms with Gasteiger partial charge in [0.2, 0.25) is 0 Å². The predicted molar refractivity (Wildman–Crippen MR) is 76.4 cm³/mol. The van der Waals surface area contributed by atoms with Crippen molar-refractivity contribution in [2.45, 2.75) is 26.8 Å². The van der Waals surface area contributed by atoms with Gasteiger partial charge >= 0.3 is 5.97 Å². The predicted octanol–water partition coefficient (Wildman–Crippen LogP) is 2.92. The minimum absolute atomic E-state index is 0.260. The maximum absolute atomic E-state index is 11.3. The van der Waals surface area contributed by atoms with E-state index in [1.165, 1.54) is 0 Å². The first-order chi connectivity index (χ1) is 9.56. The van der Waals surface area contributed by atoms with Crippen LogP contribution in [0.1, 0.15) is 44.6 Å². The zero-order chi connectivity index (χ0) is 14.7. The van der Waals surface area contributed by atoms with Gasteiger partial charge in [-0.25, -0.2) is 4.79 Å². The molecule has 0 radical (unpaired) electrons. The molecule has 0 bridgehead atoms. The Hall–Kier alpha value is -2.36. The minimum Gasteiger partial charge on any atom is -0.478 e. The fourth-order valence-electron chi connectivity index (χ4n) is 2.38. The molecular weight excluding hydrogens is 254 g/mol. The molecule has 1 N–H and O–H groups in total. The summed E-state index contributed by atoms with van der Waals surface area (Å²) in [6.07, 6.45) is 1.67. The molecule has 0 aliphatic carbocycles. The van der Waals surface area contributed by atoms with Crippen molar-refractivity contribution < 1.29 is 14.7 Å². The molecular formula is C16H17NO3. The zero-order valence-corrected chi connectivity index (χ0v) is 11.6. The van der Waals surface area contributed by atoms with E-state index in [4.69, 9.17) is 5.11 Å². The monoisotopic (exact) mass is 271 g/mol. The third kappa shape index (κ3) is 2.64. The van der Waals surface area contributed by atoms with E-state index in [0.717, 1.165) is 29.5 Å². The van der Waals surface area contributed by atoms with Crippen molar-refractivity contribution in [3.63, 3.8) is 0 Å². The molecule has 4 heteroatoms. The van der Waals surface area contributed by atoms with Crippen LogP contribution in [-0.4, -0.2) is 21.9 Å². The second-order valence-corrected chi connectivity index (χ2v) is 4.76. The molecule has 1 aromatic heterocycles. The molecule has 4 nitrogen and oxygen atoms in total. The zero-order valence-electron chi connectivity index (χ0n) is 11.6. The van der Waals surface area contributed by atoms with E-state index < -0.39 is 5.97 Å². The lowest BCUT2D eigenvalue weighted by Gasteiger charge is -2.10. The van der Waals surface area contributed by atoms with Crippen molar-refractivity contribution in [2.75, 3.05) is 0 Å². The van der Waals surface area contributed by atoms with Gasteiger partial charge in [0.1, 0.15) is 0 Å². The molecule has 0 spiro atoms. The van der Waals surface area contributed by atoms with Crippen molar-refractivity contribution in [2.24, 2.45) is 0 Å². The van der Waals surface area contributed by atoms with E-state index in [1.54, 1.807) is 18.2 Å². The molecule has 0 aliphatic heterocycles. The quantitative estimate of drug-likeness (QED) is 0.851. The van der Waals surface area contributed by atoms with E-state index in [0.29, 0.717) is 12.2 Å². The summed E-state index contributed by atoms with van der Waals surface area (Å²) in [6, 6.07) is 8.80. The third-order valence-electron chi connectivity index (χ3n) is 3.44. The Labute approximate surface area is 117 Å². The number of carbonyl (C=O) groups excluding carboxylic acids is 1. The van der Waals surface area contributed by atoms with Gasteiger partial charge in [-0.2, -0.15) is 0 Å². The number of carboxylic acid groups (broad SMARTS) is 1. The molecule has 0 aliphatic rings. The van der Waals surface area contributed by atoms with Crippen molar-refractivity contribution in [1.29, 1.82) is 0 Å². The number of nitrogens with zero attached hydrogens (tertiary/aromatic N) is 1. The Morgan fingerprint density at radius 2 is 2.10 bits per heavy atom. The second kappa shape index (κ2) is 5.74. The Bertz CT molecular complexity index is 656. The van der Waals surface area contributed by atoms with Crippen LogP contribution >= 0.6 is 0 Å². The van der Waals surface area contributed by atoms with Gasteiger partial charge in [0.15, 0.2) is 6.29 Å². The lowest BCUT2D eigenvalue weighted by Crippen LogP contribution is -2.07. The standard InChI is InChI=1S/C16H17NO3/c1-3-13-7-11(2)17(15(13)10-18)9-12-5-4-6-14(8-12)16(19)20/h4-8,10H,3,9H2,1-2H3,(H,19,20). The Morgan fingerprint density at radius 3 is 2.70 bits per heavy atom. The van der Waals surface area contributed by atoms with Gasteiger partial charge in [-0.1, -0.05) is 19.1 Å². The second-order valence-electron chi connectivity index (χ2n) is 4.76. The molecule has 1 aromatic carbocycles. The van der Waals surface area contributed by atoms with E-state index in [1.807, 2.05) is 30.5 Å². The molecule has 20 heavy (non-hydrogen) atoms. The molecule has 2 rings (SSSR count). The van der Waals surface area contributed by atoms with Gasteiger partial charge in [-0.15, -0.1) is 0 Å². The largest absolute Gasteiger partial charge is 0.478 e. The van der Waals surface area contributed by atoms with Crippen LogP contribution in [0.4, 0.5) is 0 Å². The Kier molecular flexibility index (Phi) is 4.03. The van der Waals surface area contributed by atoms with Crippen LogP contribution in [0.5, 0.6) is 0 Å². The first-order valence-electron chi connectivity index (χ1n) is 6.53. The number of rotatable bonds is 5. The summed E-state index contributed by atoms with van der Waals surface area (Å²) in [5, 5.41) is 9.01. The summed E-state index contributed by atoms with van der Waals surface area (Å²) < 4.78 is 1.92. The maximum atomic E-state index is 11.3. The number of carbonyl (C=O) groups is 2. The molecule has 0 saturated carbocycles. The summed E-state index contributed by atoms with van der Waals surface area (Å²) in [5.41, 5.74) is 3.83. The van der Waals surface area contributed by atoms with Crippen LogP contribution in [0.25, 0.3) is 0 Å². The number of hydrogen-bond acceptors (Lipinski definition) is 2. The van der Waals surface area contributed by atoms with Crippen LogP contribution in [0.15, 0.2) is 30.3 Å². The highest BCUT2D eigenvalue weighted by molar-refractivity contribution is 5.87. The number of aldehydes is 1. The van der Waals surface area contributed by atoms with Crippen LogP contribution in [0.2, 0.25) is 0 Å². The molecule has 0 fully saturated rings. The molecule has 0 unspecified atom stereocenters.